The summed E-state index contributed by atoms with van der Waals surface area (Å²) in [6.07, 6.45) is 1.38. The van der Waals surface area contributed by atoms with E-state index in [0.717, 1.165) is 7.05 Å². The van der Waals surface area contributed by atoms with Gasteiger partial charge in [0.15, 0.2) is 0 Å². The number of carbonyl (C=O) groups is 4. The van der Waals surface area contributed by atoms with E-state index in [1.54, 1.807) is 0 Å². The fraction of sp³-hybridized carbons (Fsp3) is 0.667. The molecule has 0 bridgehead atoms. The number of nitrogens with zero attached hydrogens (tertiary/aromatic N) is 2. The molecule has 10 nitrogen and oxygen atoms in total. The highest BCUT2D eigenvalue weighted by molar-refractivity contribution is 7.91. The molecule has 18 heteroatoms. The third-order valence-corrected chi connectivity index (χ3v) is 5.59. The second-order valence-corrected chi connectivity index (χ2v) is 8.51. The third-order valence-electron chi connectivity index (χ3n) is 3.12. The Hall–Kier alpha value is -2.24. The van der Waals surface area contributed by atoms with E-state index in [0.29, 0.717) is 25.7 Å². The van der Waals surface area contributed by atoms with Crippen molar-refractivity contribution in [3.8, 4) is 0 Å². The Morgan fingerprint density at radius 2 is 1.43 bits per heavy atom. The number of amides is 3. The molecule has 0 aliphatic carbocycles. The number of halogens is 6. The maximum Gasteiger partial charge on any atom is 0.463 e. The lowest BCUT2D eigenvalue weighted by molar-refractivity contribution is -0.145. The van der Waals surface area contributed by atoms with Gasteiger partial charge in [0.1, 0.15) is 5.78 Å². The first-order valence-corrected chi connectivity index (χ1v) is 10.2. The molecule has 3 amide bonds. The molecule has 1 rings (SSSR count). The molecule has 0 N–H and O–H groups in total. The fourth-order valence-corrected chi connectivity index (χ4v) is 2.45. The summed E-state index contributed by atoms with van der Waals surface area (Å²) in [5.74, 6) is -1.70. The molecule has 0 aromatic rings. The number of hydrogen-bond acceptors (Lipinski definition) is 8. The fourth-order valence-electron chi connectivity index (χ4n) is 1.22. The highest BCUT2D eigenvalue weighted by Crippen LogP contribution is 2.31. The van der Waals surface area contributed by atoms with E-state index < -0.39 is 48.7 Å². The second-order valence-electron chi connectivity index (χ2n) is 5.11. The molecule has 1 heterocycles. The van der Waals surface area contributed by atoms with Crippen molar-refractivity contribution in [2.24, 2.45) is 0 Å². The molecular formula is C12H16F6N2O8S2. The van der Waals surface area contributed by atoms with Gasteiger partial charge in [0.25, 0.3) is 0 Å². The molecule has 1 aliphatic rings. The van der Waals surface area contributed by atoms with Crippen molar-refractivity contribution >= 4 is 44.0 Å². The molecule has 0 radical (unpaired) electrons. The minimum atomic E-state index is -6.46. The number of imide groups is 1. The molecule has 176 valence electrons. The van der Waals surface area contributed by atoms with Crippen LogP contribution in [0.25, 0.3) is 0 Å². The van der Waals surface area contributed by atoms with Crippen molar-refractivity contribution in [1.29, 1.82) is 0 Å². The minimum Gasteiger partial charge on any atom is -0.300 e. The van der Waals surface area contributed by atoms with Gasteiger partial charge < -0.3 is 0 Å². The maximum absolute atomic E-state index is 12.9. The Balaban J connectivity index is 0. The monoisotopic (exact) mass is 494 g/mol. The summed E-state index contributed by atoms with van der Waals surface area (Å²) in [5, 5.41) is -10.1. The number of hydrogen-bond donors (Lipinski definition) is 0. The lowest BCUT2D eigenvalue weighted by Gasteiger charge is -2.33. The lowest BCUT2D eigenvalue weighted by Crippen LogP contribution is -2.62. The minimum absolute atomic E-state index is 0.0566. The summed E-state index contributed by atoms with van der Waals surface area (Å²) < 4.78 is 111. The quantitative estimate of drug-likeness (QED) is 0.419. The van der Waals surface area contributed by atoms with Crippen LogP contribution in [0.1, 0.15) is 26.7 Å². The van der Waals surface area contributed by atoms with Crippen LogP contribution in [-0.2, 0) is 34.6 Å². The Labute approximate surface area is 167 Å². The second kappa shape index (κ2) is 10.2. The molecule has 0 aromatic carbocycles. The lowest BCUT2D eigenvalue weighted by atomic mass is 10.3. The standard InChI is InChI=1S/C5H6F2N2O4S.C5H10O.C2F4O3S/c1-8-3(10)5(6,7)14(12,13)9(2)4(8)11;1-3-5(6)4-2;3-1(7)2(4,5)10(6,8)9/h1-2H3;3-4H2,1-2H3;. The van der Waals surface area contributed by atoms with Crippen molar-refractivity contribution in [2.75, 3.05) is 14.1 Å². The summed E-state index contributed by atoms with van der Waals surface area (Å²) in [7, 11) is -10.2. The summed E-state index contributed by atoms with van der Waals surface area (Å²) in [5.41, 5.74) is 0. The molecule has 0 aromatic heterocycles. The molecule has 30 heavy (non-hydrogen) atoms. The van der Waals surface area contributed by atoms with E-state index in [-0.39, 0.29) is 9.21 Å². The van der Waals surface area contributed by atoms with Crippen LogP contribution in [0.2, 0.25) is 0 Å². The third kappa shape index (κ3) is 6.38. The number of Topliss-reactive ketones (excluding diaryl/α,β-unsaturated/α-hetero) is 1. The van der Waals surface area contributed by atoms with Crippen LogP contribution in [-0.4, -0.2) is 74.4 Å². The van der Waals surface area contributed by atoms with Crippen LogP contribution < -0.4 is 0 Å². The van der Waals surface area contributed by atoms with Crippen molar-refractivity contribution in [2.45, 2.75) is 37.2 Å². The van der Waals surface area contributed by atoms with Gasteiger partial charge in [-0.15, -0.1) is 0 Å². The number of sulfonamides is 1. The zero-order valence-electron chi connectivity index (χ0n) is 15.7. The largest absolute Gasteiger partial charge is 0.463 e. The van der Waals surface area contributed by atoms with Gasteiger partial charge >= 0.3 is 48.7 Å². The molecule has 1 aliphatic heterocycles. The van der Waals surface area contributed by atoms with Gasteiger partial charge in [-0.2, -0.15) is 38.8 Å². The first-order valence-electron chi connectivity index (χ1n) is 7.36. The van der Waals surface area contributed by atoms with Crippen LogP contribution >= 0.6 is 0 Å². The molecule has 0 spiro atoms. The number of urea groups is 1. The summed E-state index contributed by atoms with van der Waals surface area (Å²) in [6.45, 7) is 3.76. The van der Waals surface area contributed by atoms with Gasteiger partial charge in [-0.1, -0.05) is 17.7 Å². The zero-order valence-corrected chi connectivity index (χ0v) is 17.3. The molecular weight excluding hydrogens is 478 g/mol. The van der Waals surface area contributed by atoms with Crippen molar-refractivity contribution in [3.05, 3.63) is 0 Å². The van der Waals surface area contributed by atoms with E-state index in [1.165, 1.54) is 0 Å². The normalized spacial score (nSPS) is 17.9. The maximum atomic E-state index is 12.9. The average molecular weight is 494 g/mol. The van der Waals surface area contributed by atoms with Crippen molar-refractivity contribution < 1.29 is 61.9 Å². The van der Waals surface area contributed by atoms with Crippen LogP contribution in [0.15, 0.2) is 0 Å². The average Bonchev–Trinajstić information content (AvgIpc) is 2.63. The number of carbonyl (C=O) groups excluding carboxylic acids is 4. The summed E-state index contributed by atoms with van der Waals surface area (Å²) >= 11 is 0. The van der Waals surface area contributed by atoms with Gasteiger partial charge in [-0.05, 0) is 0 Å². The first kappa shape index (κ1) is 30.0. The van der Waals surface area contributed by atoms with Crippen LogP contribution in [0.3, 0.4) is 0 Å². The van der Waals surface area contributed by atoms with Gasteiger partial charge in [0, 0.05) is 26.9 Å². The Morgan fingerprint density at radius 3 is 1.63 bits per heavy atom. The van der Waals surface area contributed by atoms with Gasteiger partial charge in [0.05, 0.1) is 0 Å². The molecule has 0 atom stereocenters. The highest BCUT2D eigenvalue weighted by Gasteiger charge is 2.62. The van der Waals surface area contributed by atoms with E-state index in [9.17, 15) is 57.1 Å². The predicted molar refractivity (Wildman–Crippen MR) is 86.5 cm³/mol. The van der Waals surface area contributed by atoms with E-state index in [4.69, 9.17) is 4.79 Å². The number of alkyl halides is 4. The Morgan fingerprint density at radius 1 is 1.07 bits per heavy atom. The van der Waals surface area contributed by atoms with Gasteiger partial charge in [-0.3, -0.25) is 19.3 Å². The van der Waals surface area contributed by atoms with E-state index in [2.05, 4.69) is 0 Å². The van der Waals surface area contributed by atoms with Crippen LogP contribution in [0, 0.1) is 0 Å². The molecule has 0 unspecified atom stereocenters. The van der Waals surface area contributed by atoms with Crippen molar-refractivity contribution in [3.63, 3.8) is 0 Å². The van der Waals surface area contributed by atoms with Crippen LogP contribution in [0.5, 0.6) is 0 Å². The Bertz CT molecular complexity index is 898. The zero-order chi connectivity index (χ0) is 24.9. The van der Waals surface area contributed by atoms with Gasteiger partial charge in [-0.25, -0.2) is 9.10 Å². The summed E-state index contributed by atoms with van der Waals surface area (Å²) in [6, 6.07) is -4.84. The Kier molecular flexibility index (Phi) is 10.2. The molecule has 1 fully saturated rings. The van der Waals surface area contributed by atoms with Crippen LogP contribution in [0.4, 0.5) is 30.6 Å². The summed E-state index contributed by atoms with van der Waals surface area (Å²) in [4.78, 5) is 41.0. The molecule has 1 saturated heterocycles. The van der Waals surface area contributed by atoms with Crippen molar-refractivity contribution in [1.82, 2.24) is 9.21 Å². The van der Waals surface area contributed by atoms with Gasteiger partial charge in [0.2, 0.25) is 0 Å². The van der Waals surface area contributed by atoms with E-state index in [1.807, 2.05) is 13.8 Å². The predicted octanol–water partition coefficient (Wildman–Crippen LogP) is 1.18. The smallest absolute Gasteiger partial charge is 0.300 e. The number of ketones is 1. The SMILES string of the molecule is CCC(=O)CC.CN1C(=O)N(C)S(=O)(=O)C(F)(F)C1=O.O=C(F)C(F)(F)S(=O)(=O)F. The molecule has 0 saturated carbocycles. The first-order chi connectivity index (χ1) is 13.1. The highest BCUT2D eigenvalue weighted by atomic mass is 32.3. The topological polar surface area (TPSA) is 143 Å². The number of rotatable bonds is 4. The van der Waals surface area contributed by atoms with E-state index >= 15 is 0 Å².